The molecule has 8 bridgehead atoms. The fourth-order valence-corrected chi connectivity index (χ4v) is 9.58. The Balaban J connectivity index is 1.26. The quantitative estimate of drug-likeness (QED) is 0.168. The maximum absolute atomic E-state index is 13.6. The number of nitrogens with zero attached hydrogens (tertiary/aromatic N) is 4. The molecule has 0 saturated carbocycles. The molecule has 48 heavy (non-hydrogen) atoms. The summed E-state index contributed by atoms with van der Waals surface area (Å²) in [7, 11) is 1.96. The zero-order chi connectivity index (χ0) is 32.8. The molecule has 0 fully saturated rings. The predicted octanol–water partition coefficient (Wildman–Crippen LogP) is 9.22. The van der Waals surface area contributed by atoms with Gasteiger partial charge >= 0.3 is 5.97 Å². The van der Waals surface area contributed by atoms with Crippen molar-refractivity contribution in [3.8, 4) is 16.9 Å². The number of esters is 1. The van der Waals surface area contributed by atoms with Crippen LogP contribution in [0.4, 0.5) is 0 Å². The minimum Gasteiger partial charge on any atom is -0.493 e. The minimum absolute atomic E-state index is 0.305. The Labute approximate surface area is 293 Å². The van der Waals surface area contributed by atoms with Crippen LogP contribution in [0.3, 0.4) is 0 Å². The van der Waals surface area contributed by atoms with Crippen LogP contribution in [0.15, 0.2) is 59.6 Å². The number of thiazole rings is 1. The van der Waals surface area contributed by atoms with E-state index in [1.165, 1.54) is 15.5 Å². The van der Waals surface area contributed by atoms with E-state index in [4.69, 9.17) is 31.2 Å². The van der Waals surface area contributed by atoms with Gasteiger partial charge in [0.1, 0.15) is 11.4 Å². The molecule has 0 saturated heterocycles. The minimum atomic E-state index is -0.317. The first-order valence-corrected chi connectivity index (χ1v) is 19.0. The van der Waals surface area contributed by atoms with Crippen molar-refractivity contribution in [3.63, 3.8) is 0 Å². The van der Waals surface area contributed by atoms with Crippen LogP contribution in [0, 0.1) is 0 Å². The van der Waals surface area contributed by atoms with Crippen molar-refractivity contribution in [2.45, 2.75) is 69.1 Å². The van der Waals surface area contributed by atoms with Gasteiger partial charge in [-0.3, -0.25) is 4.68 Å². The van der Waals surface area contributed by atoms with E-state index in [1.807, 2.05) is 42.6 Å². The van der Waals surface area contributed by atoms with E-state index in [-0.39, 0.29) is 5.97 Å². The van der Waals surface area contributed by atoms with E-state index in [0.717, 1.165) is 106 Å². The van der Waals surface area contributed by atoms with Gasteiger partial charge in [0.25, 0.3) is 0 Å². The number of rotatable bonds is 2. The topological polar surface area (TPSA) is 71.2 Å². The zero-order valence-electron chi connectivity index (χ0n) is 27.2. The zero-order valence-corrected chi connectivity index (χ0v) is 29.6. The summed E-state index contributed by atoms with van der Waals surface area (Å²) in [5.74, 6) is 1.43. The summed E-state index contributed by atoms with van der Waals surface area (Å²) in [5, 5.41) is 10.2. The molecule has 0 spiro atoms. The molecule has 0 radical (unpaired) electrons. The van der Waals surface area contributed by atoms with Crippen LogP contribution in [0.5, 0.6) is 5.75 Å². The number of hydrogen-bond donors (Lipinski definition) is 0. The maximum atomic E-state index is 13.6. The Bertz CT molecular complexity index is 2180. The van der Waals surface area contributed by atoms with Gasteiger partial charge in [0.05, 0.1) is 34.5 Å². The monoisotopic (exact) mass is 696 g/mol. The Morgan fingerprint density at radius 1 is 1.02 bits per heavy atom. The fourth-order valence-electron chi connectivity index (χ4n) is 7.38. The first-order valence-electron chi connectivity index (χ1n) is 16.8. The van der Waals surface area contributed by atoms with Crippen molar-refractivity contribution >= 4 is 62.3 Å². The highest BCUT2D eigenvalue weighted by Gasteiger charge is 2.30. The lowest BCUT2D eigenvalue weighted by Gasteiger charge is -2.12. The molecule has 2 aliphatic rings. The van der Waals surface area contributed by atoms with E-state index in [9.17, 15) is 4.79 Å². The van der Waals surface area contributed by atoms with E-state index >= 15 is 0 Å². The molecule has 0 unspecified atom stereocenters. The fraction of sp³-hybridized carbons (Fsp3) is 0.342. The summed E-state index contributed by atoms with van der Waals surface area (Å²) in [6.07, 6.45) is 8.09. The smallest absolute Gasteiger partial charge is 0.355 e. The standard InChI is InChI=1S/C38H37ClN4O3S2/c1-3-45-38(44)37-27-11-8-18-46-32-20-24(19-23-9-4-5-10-26(23)32)47-22-25-21-40-33(48-25)14-6-12-30-35(31-13-7-17-43(31)41-30)34-29(39)16-15-28(27)36(34)42(37)2/h4-5,9-10,15-16,19-21H,3,6-8,11-14,17-18,22H2,1-2H3. The van der Waals surface area contributed by atoms with Gasteiger partial charge in [0, 0.05) is 62.9 Å². The second-order valence-electron chi connectivity index (χ2n) is 12.5. The molecule has 2 aliphatic heterocycles. The lowest BCUT2D eigenvalue weighted by Crippen LogP contribution is -2.13. The van der Waals surface area contributed by atoms with Gasteiger partial charge in [-0.1, -0.05) is 41.9 Å². The maximum Gasteiger partial charge on any atom is 0.355 e. The summed E-state index contributed by atoms with van der Waals surface area (Å²) in [5.41, 5.74) is 6.89. The van der Waals surface area contributed by atoms with Gasteiger partial charge in [-0.15, -0.1) is 23.1 Å². The molecular formula is C38H37ClN4O3S2. The highest BCUT2D eigenvalue weighted by molar-refractivity contribution is 7.98. The van der Waals surface area contributed by atoms with Crippen LogP contribution < -0.4 is 4.74 Å². The number of carbonyl (C=O) groups is 1. The number of aromatic nitrogens is 4. The number of aryl methyl sites for hydroxylation is 5. The van der Waals surface area contributed by atoms with Crippen LogP contribution in [0.25, 0.3) is 32.8 Å². The first-order chi connectivity index (χ1) is 23.5. The molecule has 0 N–H and O–H groups in total. The molecule has 6 aromatic rings. The predicted molar refractivity (Wildman–Crippen MR) is 195 cm³/mol. The van der Waals surface area contributed by atoms with Crippen molar-refractivity contribution in [3.05, 3.63) is 92.3 Å². The third kappa shape index (κ3) is 5.69. The summed E-state index contributed by atoms with van der Waals surface area (Å²) < 4.78 is 16.3. The van der Waals surface area contributed by atoms with Crippen molar-refractivity contribution in [2.75, 3.05) is 13.2 Å². The highest BCUT2D eigenvalue weighted by Crippen LogP contribution is 2.44. The number of carbonyl (C=O) groups excluding carboxylic acids is 1. The van der Waals surface area contributed by atoms with Crippen molar-refractivity contribution in [1.29, 1.82) is 0 Å². The van der Waals surface area contributed by atoms with Gasteiger partial charge in [0.2, 0.25) is 0 Å². The summed E-state index contributed by atoms with van der Waals surface area (Å²) in [4.78, 5) is 20.8. The van der Waals surface area contributed by atoms with Gasteiger partial charge in [-0.05, 0) is 81.0 Å². The van der Waals surface area contributed by atoms with Gasteiger partial charge in [0.15, 0.2) is 0 Å². The average Bonchev–Trinajstić information content (AvgIpc) is 3.86. The van der Waals surface area contributed by atoms with Crippen LogP contribution in [-0.4, -0.2) is 38.5 Å². The normalized spacial score (nSPS) is 15.2. The van der Waals surface area contributed by atoms with Crippen LogP contribution in [0.1, 0.15) is 63.5 Å². The van der Waals surface area contributed by atoms with Gasteiger partial charge in [-0.2, -0.15) is 5.10 Å². The summed E-state index contributed by atoms with van der Waals surface area (Å²) in [6, 6.07) is 16.8. The third-order valence-electron chi connectivity index (χ3n) is 9.45. The molecule has 3 aromatic carbocycles. The Morgan fingerprint density at radius 3 is 2.81 bits per heavy atom. The summed E-state index contributed by atoms with van der Waals surface area (Å²) in [6.45, 7) is 3.57. The molecule has 8 rings (SSSR count). The van der Waals surface area contributed by atoms with E-state index in [1.54, 1.807) is 11.3 Å². The van der Waals surface area contributed by atoms with Crippen LogP contribution in [0.2, 0.25) is 5.02 Å². The number of halogens is 1. The Morgan fingerprint density at radius 2 is 1.92 bits per heavy atom. The molecule has 7 nitrogen and oxygen atoms in total. The number of benzene rings is 3. The third-order valence-corrected chi connectivity index (χ3v) is 12.0. The molecule has 0 atom stereocenters. The van der Waals surface area contributed by atoms with Crippen LogP contribution in [-0.2, 0) is 49.8 Å². The second-order valence-corrected chi connectivity index (χ2v) is 15.1. The van der Waals surface area contributed by atoms with Gasteiger partial charge < -0.3 is 14.0 Å². The van der Waals surface area contributed by atoms with Crippen molar-refractivity contribution in [2.24, 2.45) is 7.05 Å². The lowest BCUT2D eigenvalue weighted by molar-refractivity contribution is 0.0514. The molecule has 0 aliphatic carbocycles. The second kappa shape index (κ2) is 13.3. The van der Waals surface area contributed by atoms with Crippen molar-refractivity contribution < 1.29 is 14.3 Å². The Kier molecular flexibility index (Phi) is 8.69. The SMILES string of the molecule is CCOC(=O)c1c2c3ccc(Cl)c(c3n1C)-c1c(nn3c1CCC3)CCCc1ncc(s1)CSc1cc(c3ccccc3c1)OCCC2. The molecule has 10 heteroatoms. The van der Waals surface area contributed by atoms with E-state index in [2.05, 4.69) is 47.1 Å². The van der Waals surface area contributed by atoms with Gasteiger partial charge in [-0.25, -0.2) is 9.78 Å². The first kappa shape index (κ1) is 31.5. The molecule has 5 heterocycles. The van der Waals surface area contributed by atoms with Crippen LogP contribution >= 0.6 is 34.7 Å². The number of ether oxygens (including phenoxy) is 2. The van der Waals surface area contributed by atoms with E-state index in [0.29, 0.717) is 30.4 Å². The lowest BCUT2D eigenvalue weighted by atomic mass is 9.95. The van der Waals surface area contributed by atoms with Crippen molar-refractivity contribution in [1.82, 2.24) is 19.3 Å². The largest absolute Gasteiger partial charge is 0.493 e. The molecule has 246 valence electrons. The number of fused-ring (bicyclic) bond motifs is 10. The molecular weight excluding hydrogens is 660 g/mol. The number of hydrogen-bond acceptors (Lipinski definition) is 7. The van der Waals surface area contributed by atoms with E-state index < -0.39 is 0 Å². The highest BCUT2D eigenvalue weighted by atomic mass is 35.5. The molecule has 0 amide bonds. The number of thioether (sulfide) groups is 1. The Hall–Kier alpha value is -3.79. The average molecular weight is 697 g/mol. The molecule has 3 aromatic heterocycles. The summed E-state index contributed by atoms with van der Waals surface area (Å²) >= 11 is 10.8.